The summed E-state index contributed by atoms with van der Waals surface area (Å²) < 4.78 is 0. The normalized spacial score (nSPS) is 11.4. The molecule has 0 atom stereocenters. The maximum atomic E-state index is 9.83. The van der Waals surface area contributed by atoms with Crippen molar-refractivity contribution in [1.29, 1.82) is 0 Å². The highest BCUT2D eigenvalue weighted by Crippen LogP contribution is 2.27. The van der Waals surface area contributed by atoms with Crippen molar-refractivity contribution in [3.63, 3.8) is 0 Å². The summed E-state index contributed by atoms with van der Waals surface area (Å²) in [5.41, 5.74) is 3.04. The van der Waals surface area contributed by atoms with Gasteiger partial charge in [0.1, 0.15) is 5.76 Å². The Balaban J connectivity index is 2.58. The van der Waals surface area contributed by atoms with E-state index in [9.17, 15) is 5.11 Å². The van der Waals surface area contributed by atoms with Crippen LogP contribution in [-0.2, 0) is 0 Å². The van der Waals surface area contributed by atoms with Crippen molar-refractivity contribution in [1.82, 2.24) is 0 Å². The number of rotatable bonds is 2. The van der Waals surface area contributed by atoms with Crippen LogP contribution < -0.4 is 0 Å². The molecule has 0 heterocycles. The van der Waals surface area contributed by atoms with E-state index in [0.29, 0.717) is 5.76 Å². The van der Waals surface area contributed by atoms with E-state index in [0.717, 1.165) is 16.7 Å². The molecule has 0 aromatic heterocycles. The predicted octanol–water partition coefficient (Wildman–Crippen LogP) is 4.27. The lowest BCUT2D eigenvalue weighted by atomic mass is 9.98. The molecule has 0 amide bonds. The Labute approximate surface area is 95.7 Å². The number of allylic oxidation sites excluding steroid dienone is 1. The molecular formula is C15H14O. The molecule has 0 saturated heterocycles. The van der Waals surface area contributed by atoms with Crippen LogP contribution in [0.3, 0.4) is 0 Å². The maximum absolute atomic E-state index is 9.83. The SMILES string of the molecule is CC=C(O)c1ccccc1-c1ccccc1. The van der Waals surface area contributed by atoms with Crippen LogP contribution >= 0.6 is 0 Å². The summed E-state index contributed by atoms with van der Waals surface area (Å²) in [6.45, 7) is 1.83. The van der Waals surface area contributed by atoms with Crippen LogP contribution in [0.25, 0.3) is 16.9 Å². The molecule has 0 radical (unpaired) electrons. The molecule has 1 N–H and O–H groups in total. The molecule has 1 heteroatoms. The molecule has 0 unspecified atom stereocenters. The Morgan fingerprint density at radius 1 is 0.938 bits per heavy atom. The minimum absolute atomic E-state index is 0.319. The van der Waals surface area contributed by atoms with Crippen molar-refractivity contribution in [2.24, 2.45) is 0 Å². The third kappa shape index (κ3) is 1.98. The Morgan fingerprint density at radius 3 is 2.25 bits per heavy atom. The summed E-state index contributed by atoms with van der Waals surface area (Å²) in [6.07, 6.45) is 1.71. The molecule has 0 aliphatic heterocycles. The Hall–Kier alpha value is -2.02. The van der Waals surface area contributed by atoms with E-state index in [1.54, 1.807) is 6.08 Å². The summed E-state index contributed by atoms with van der Waals surface area (Å²) in [7, 11) is 0. The summed E-state index contributed by atoms with van der Waals surface area (Å²) in [5, 5.41) is 9.83. The fraction of sp³-hybridized carbons (Fsp3) is 0.0667. The van der Waals surface area contributed by atoms with Gasteiger partial charge in [-0.2, -0.15) is 0 Å². The summed E-state index contributed by atoms with van der Waals surface area (Å²) in [6, 6.07) is 17.9. The van der Waals surface area contributed by atoms with Crippen molar-refractivity contribution in [3.8, 4) is 11.1 Å². The van der Waals surface area contributed by atoms with Crippen LogP contribution in [0.4, 0.5) is 0 Å². The van der Waals surface area contributed by atoms with Gasteiger partial charge in [-0.25, -0.2) is 0 Å². The van der Waals surface area contributed by atoms with Gasteiger partial charge in [-0.15, -0.1) is 0 Å². The molecule has 0 bridgehead atoms. The summed E-state index contributed by atoms with van der Waals surface area (Å²) in [4.78, 5) is 0. The molecule has 2 aromatic rings. The number of aliphatic hydroxyl groups excluding tert-OH is 1. The van der Waals surface area contributed by atoms with Gasteiger partial charge in [0.05, 0.1) is 0 Å². The zero-order chi connectivity index (χ0) is 11.4. The van der Waals surface area contributed by atoms with E-state index in [1.807, 2.05) is 61.5 Å². The minimum Gasteiger partial charge on any atom is -0.508 e. The molecule has 0 fully saturated rings. The third-order valence-corrected chi connectivity index (χ3v) is 2.56. The van der Waals surface area contributed by atoms with E-state index in [-0.39, 0.29) is 0 Å². The first-order valence-corrected chi connectivity index (χ1v) is 5.33. The van der Waals surface area contributed by atoms with E-state index in [4.69, 9.17) is 0 Å². The van der Waals surface area contributed by atoms with Crippen molar-refractivity contribution < 1.29 is 5.11 Å². The van der Waals surface area contributed by atoms with E-state index >= 15 is 0 Å². The van der Waals surface area contributed by atoms with Crippen LogP contribution in [0.5, 0.6) is 0 Å². The van der Waals surface area contributed by atoms with Gasteiger partial charge in [0.2, 0.25) is 0 Å². The van der Waals surface area contributed by atoms with Crippen molar-refractivity contribution in [2.75, 3.05) is 0 Å². The number of aliphatic hydroxyl groups is 1. The standard InChI is InChI=1S/C15H14O/c1-2-15(16)14-11-7-6-10-13(14)12-8-4-3-5-9-12/h2-11,16H,1H3. The first-order valence-electron chi connectivity index (χ1n) is 5.33. The van der Waals surface area contributed by atoms with Crippen LogP contribution in [0.15, 0.2) is 60.7 Å². The van der Waals surface area contributed by atoms with E-state index < -0.39 is 0 Å². The lowest BCUT2D eigenvalue weighted by molar-refractivity contribution is 0.511. The number of benzene rings is 2. The molecular weight excluding hydrogens is 196 g/mol. The average molecular weight is 210 g/mol. The summed E-state index contributed by atoms with van der Waals surface area (Å²) >= 11 is 0. The first-order chi connectivity index (χ1) is 7.83. The second kappa shape index (κ2) is 4.67. The minimum atomic E-state index is 0.319. The van der Waals surface area contributed by atoms with Crippen LogP contribution in [0.2, 0.25) is 0 Å². The molecule has 2 rings (SSSR count). The van der Waals surface area contributed by atoms with Crippen LogP contribution in [0, 0.1) is 0 Å². The van der Waals surface area contributed by atoms with Gasteiger partial charge in [0.25, 0.3) is 0 Å². The lowest BCUT2D eigenvalue weighted by Crippen LogP contribution is -1.88. The summed E-state index contributed by atoms with van der Waals surface area (Å²) in [5.74, 6) is 0.319. The highest BCUT2D eigenvalue weighted by Gasteiger charge is 2.06. The van der Waals surface area contributed by atoms with Gasteiger partial charge < -0.3 is 5.11 Å². The van der Waals surface area contributed by atoms with Crippen molar-refractivity contribution >= 4 is 5.76 Å². The largest absolute Gasteiger partial charge is 0.508 e. The topological polar surface area (TPSA) is 20.2 Å². The zero-order valence-corrected chi connectivity index (χ0v) is 9.22. The van der Waals surface area contributed by atoms with Crippen molar-refractivity contribution in [3.05, 3.63) is 66.2 Å². The molecule has 0 saturated carbocycles. The fourth-order valence-electron chi connectivity index (χ4n) is 1.73. The zero-order valence-electron chi connectivity index (χ0n) is 9.22. The monoisotopic (exact) mass is 210 g/mol. The number of hydrogen-bond donors (Lipinski definition) is 1. The molecule has 0 aliphatic carbocycles. The molecule has 16 heavy (non-hydrogen) atoms. The Bertz CT molecular complexity index is 498. The molecule has 0 spiro atoms. The van der Waals surface area contributed by atoms with Gasteiger partial charge in [0, 0.05) is 5.56 Å². The second-order valence-electron chi connectivity index (χ2n) is 3.59. The smallest absolute Gasteiger partial charge is 0.119 e. The quantitative estimate of drug-likeness (QED) is 0.734. The fourth-order valence-corrected chi connectivity index (χ4v) is 1.73. The Kier molecular flexibility index (Phi) is 3.06. The molecule has 1 nitrogen and oxygen atoms in total. The maximum Gasteiger partial charge on any atom is 0.119 e. The van der Waals surface area contributed by atoms with Gasteiger partial charge in [-0.1, -0.05) is 54.6 Å². The lowest BCUT2D eigenvalue weighted by Gasteiger charge is -2.08. The van der Waals surface area contributed by atoms with Gasteiger partial charge in [0.15, 0.2) is 0 Å². The molecule has 0 aliphatic rings. The van der Waals surface area contributed by atoms with E-state index in [2.05, 4.69) is 0 Å². The van der Waals surface area contributed by atoms with Gasteiger partial charge in [-0.05, 0) is 24.1 Å². The average Bonchev–Trinajstić information content (AvgIpc) is 2.39. The third-order valence-electron chi connectivity index (χ3n) is 2.56. The first kappa shape index (κ1) is 10.5. The molecule has 80 valence electrons. The van der Waals surface area contributed by atoms with Gasteiger partial charge >= 0.3 is 0 Å². The van der Waals surface area contributed by atoms with Crippen LogP contribution in [-0.4, -0.2) is 5.11 Å². The molecule has 2 aromatic carbocycles. The number of hydrogen-bond acceptors (Lipinski definition) is 1. The predicted molar refractivity (Wildman–Crippen MR) is 68.2 cm³/mol. The second-order valence-corrected chi connectivity index (χ2v) is 3.59. The van der Waals surface area contributed by atoms with Gasteiger partial charge in [-0.3, -0.25) is 0 Å². The highest BCUT2D eigenvalue weighted by atomic mass is 16.3. The van der Waals surface area contributed by atoms with Crippen LogP contribution in [0.1, 0.15) is 12.5 Å². The van der Waals surface area contributed by atoms with Crippen molar-refractivity contribution in [2.45, 2.75) is 6.92 Å². The van der Waals surface area contributed by atoms with E-state index in [1.165, 1.54) is 0 Å². The highest BCUT2D eigenvalue weighted by molar-refractivity contribution is 5.78. The Morgan fingerprint density at radius 2 is 1.56 bits per heavy atom.